The smallest absolute Gasteiger partial charge is 0.261 e. The maximum atomic E-state index is 13.3. The molecular formula is C19H23FN2O3S. The molecule has 0 aliphatic heterocycles. The molecule has 140 valence electrons. The van der Waals surface area contributed by atoms with Crippen LogP contribution < -0.4 is 4.72 Å². The third-order valence-electron chi connectivity index (χ3n) is 3.81. The van der Waals surface area contributed by atoms with Crippen LogP contribution in [-0.2, 0) is 10.0 Å². The van der Waals surface area contributed by atoms with Gasteiger partial charge >= 0.3 is 0 Å². The Morgan fingerprint density at radius 1 is 1.15 bits per heavy atom. The van der Waals surface area contributed by atoms with Gasteiger partial charge in [-0.2, -0.15) is 0 Å². The summed E-state index contributed by atoms with van der Waals surface area (Å²) in [4.78, 5) is 13.9. The van der Waals surface area contributed by atoms with Gasteiger partial charge in [0.2, 0.25) is 0 Å². The molecule has 0 aliphatic rings. The number of rotatable bonds is 6. The summed E-state index contributed by atoms with van der Waals surface area (Å²) in [5, 5.41) is 0. The van der Waals surface area contributed by atoms with Crippen molar-refractivity contribution >= 4 is 21.6 Å². The van der Waals surface area contributed by atoms with Crippen molar-refractivity contribution in [2.45, 2.75) is 25.7 Å². The highest BCUT2D eigenvalue weighted by molar-refractivity contribution is 7.92. The molecule has 0 aromatic heterocycles. The number of nitrogens with one attached hydrogen (secondary N) is 1. The molecular weight excluding hydrogens is 355 g/mol. The Hall–Kier alpha value is -2.41. The highest BCUT2D eigenvalue weighted by atomic mass is 32.2. The third-order valence-corrected chi connectivity index (χ3v) is 5.19. The van der Waals surface area contributed by atoms with Gasteiger partial charge in [-0.25, -0.2) is 12.8 Å². The van der Waals surface area contributed by atoms with Gasteiger partial charge in [-0.3, -0.25) is 9.52 Å². The Morgan fingerprint density at radius 3 is 2.31 bits per heavy atom. The van der Waals surface area contributed by atoms with Crippen LogP contribution in [0.2, 0.25) is 0 Å². The molecule has 2 aromatic rings. The van der Waals surface area contributed by atoms with Crippen molar-refractivity contribution in [2.24, 2.45) is 5.92 Å². The molecule has 0 radical (unpaired) electrons. The van der Waals surface area contributed by atoms with Gasteiger partial charge in [0.25, 0.3) is 15.9 Å². The normalized spacial score (nSPS) is 11.5. The first-order chi connectivity index (χ1) is 12.1. The minimum atomic E-state index is -3.83. The molecule has 0 unspecified atom stereocenters. The second kappa shape index (κ2) is 7.86. The molecule has 1 N–H and O–H groups in total. The summed E-state index contributed by atoms with van der Waals surface area (Å²) >= 11 is 0. The molecule has 0 fully saturated rings. The molecule has 1 amide bonds. The van der Waals surface area contributed by atoms with Crippen LogP contribution in [0.3, 0.4) is 0 Å². The zero-order valence-corrected chi connectivity index (χ0v) is 16.1. The van der Waals surface area contributed by atoms with Gasteiger partial charge in [-0.15, -0.1) is 0 Å². The zero-order valence-electron chi connectivity index (χ0n) is 15.3. The maximum Gasteiger partial charge on any atom is 0.261 e. The lowest BCUT2D eigenvalue weighted by atomic mass is 10.1. The summed E-state index contributed by atoms with van der Waals surface area (Å²) in [6.45, 7) is 6.19. The molecule has 2 rings (SSSR count). The molecule has 2 aromatic carbocycles. The number of halogens is 1. The standard InChI is InChI=1S/C19H23FN2O3S/c1-13(2)12-22(4)19(23)15-5-7-16(8-6-15)21-26(24,25)17-9-10-18(20)14(3)11-17/h5-11,13,21H,12H2,1-4H3. The first-order valence-electron chi connectivity index (χ1n) is 8.24. The van der Waals surface area contributed by atoms with E-state index >= 15 is 0 Å². The zero-order chi connectivity index (χ0) is 19.5. The lowest BCUT2D eigenvalue weighted by Gasteiger charge is -2.19. The lowest BCUT2D eigenvalue weighted by molar-refractivity contribution is 0.0779. The highest BCUT2D eigenvalue weighted by Crippen LogP contribution is 2.19. The molecule has 0 heterocycles. The van der Waals surface area contributed by atoms with E-state index in [1.165, 1.54) is 31.2 Å². The van der Waals surface area contributed by atoms with E-state index in [2.05, 4.69) is 4.72 Å². The van der Waals surface area contributed by atoms with Crippen molar-refractivity contribution in [3.8, 4) is 0 Å². The minimum Gasteiger partial charge on any atom is -0.341 e. The number of nitrogens with zero attached hydrogens (tertiary/aromatic N) is 1. The molecule has 0 bridgehead atoms. The van der Waals surface area contributed by atoms with Crippen LogP contribution in [0, 0.1) is 18.7 Å². The van der Waals surface area contributed by atoms with Gasteiger partial charge in [-0.05, 0) is 60.9 Å². The summed E-state index contributed by atoms with van der Waals surface area (Å²) < 4.78 is 40.6. The molecule has 26 heavy (non-hydrogen) atoms. The SMILES string of the molecule is Cc1cc(S(=O)(=O)Nc2ccc(C(=O)N(C)CC(C)C)cc2)ccc1F. The van der Waals surface area contributed by atoms with Crippen molar-refractivity contribution in [1.29, 1.82) is 0 Å². The average molecular weight is 378 g/mol. The highest BCUT2D eigenvalue weighted by Gasteiger charge is 2.17. The second-order valence-electron chi connectivity index (χ2n) is 6.67. The number of benzene rings is 2. The minimum absolute atomic E-state index is 0.0202. The van der Waals surface area contributed by atoms with Crippen LogP contribution in [0.4, 0.5) is 10.1 Å². The van der Waals surface area contributed by atoms with Crippen LogP contribution in [-0.4, -0.2) is 32.8 Å². The van der Waals surface area contributed by atoms with Gasteiger partial charge < -0.3 is 4.90 Å². The van der Waals surface area contributed by atoms with Crippen LogP contribution in [0.1, 0.15) is 29.8 Å². The quantitative estimate of drug-likeness (QED) is 0.834. The molecule has 7 heteroatoms. The number of hydrogen-bond acceptors (Lipinski definition) is 3. The summed E-state index contributed by atoms with van der Waals surface area (Å²) in [5.74, 6) is -0.228. The van der Waals surface area contributed by atoms with Crippen LogP contribution >= 0.6 is 0 Å². The first-order valence-corrected chi connectivity index (χ1v) is 9.73. The van der Waals surface area contributed by atoms with Crippen LogP contribution in [0.15, 0.2) is 47.4 Å². The average Bonchev–Trinajstić information content (AvgIpc) is 2.56. The van der Waals surface area contributed by atoms with E-state index in [4.69, 9.17) is 0 Å². The molecule has 0 aliphatic carbocycles. The molecule has 0 atom stereocenters. The topological polar surface area (TPSA) is 66.5 Å². The van der Waals surface area contributed by atoms with E-state index in [1.54, 1.807) is 24.1 Å². The fourth-order valence-corrected chi connectivity index (χ4v) is 3.67. The van der Waals surface area contributed by atoms with Crippen molar-refractivity contribution in [3.63, 3.8) is 0 Å². The number of sulfonamides is 1. The Labute approximate surface area is 153 Å². The fourth-order valence-electron chi connectivity index (χ4n) is 2.53. The monoisotopic (exact) mass is 378 g/mol. The number of carbonyl (C=O) groups is 1. The number of carbonyl (C=O) groups excluding carboxylic acids is 1. The Kier molecular flexibility index (Phi) is 6.02. The largest absolute Gasteiger partial charge is 0.341 e. The summed E-state index contributed by atoms with van der Waals surface area (Å²) in [6, 6.07) is 9.82. The van der Waals surface area contributed by atoms with E-state index in [0.717, 1.165) is 6.07 Å². The van der Waals surface area contributed by atoms with Crippen molar-refractivity contribution < 1.29 is 17.6 Å². The summed E-state index contributed by atoms with van der Waals surface area (Å²) in [5.41, 5.74) is 1.06. The van der Waals surface area contributed by atoms with E-state index in [1.807, 2.05) is 13.8 Å². The lowest BCUT2D eigenvalue weighted by Crippen LogP contribution is -2.30. The number of hydrogen-bond donors (Lipinski definition) is 1. The van der Waals surface area contributed by atoms with Gasteiger partial charge in [0.15, 0.2) is 0 Å². The molecule has 5 nitrogen and oxygen atoms in total. The van der Waals surface area contributed by atoms with Gasteiger partial charge in [-0.1, -0.05) is 13.8 Å². The Balaban J connectivity index is 2.15. The van der Waals surface area contributed by atoms with Gasteiger partial charge in [0.05, 0.1) is 4.90 Å². The number of aryl methyl sites for hydroxylation is 1. The van der Waals surface area contributed by atoms with E-state index in [-0.39, 0.29) is 16.4 Å². The predicted octanol–water partition coefficient (Wildman–Crippen LogP) is 3.66. The van der Waals surface area contributed by atoms with Crippen molar-refractivity contribution in [2.75, 3.05) is 18.3 Å². The number of amides is 1. The van der Waals surface area contributed by atoms with E-state index in [0.29, 0.717) is 23.7 Å². The van der Waals surface area contributed by atoms with E-state index in [9.17, 15) is 17.6 Å². The Bertz CT molecular complexity index is 894. The maximum absolute atomic E-state index is 13.3. The van der Waals surface area contributed by atoms with Crippen LogP contribution in [0.5, 0.6) is 0 Å². The first kappa shape index (κ1) is 19.9. The third kappa shape index (κ3) is 4.82. The fraction of sp³-hybridized carbons (Fsp3) is 0.316. The van der Waals surface area contributed by atoms with Crippen molar-refractivity contribution in [1.82, 2.24) is 4.90 Å². The van der Waals surface area contributed by atoms with Crippen LogP contribution in [0.25, 0.3) is 0 Å². The molecule has 0 saturated heterocycles. The second-order valence-corrected chi connectivity index (χ2v) is 8.36. The van der Waals surface area contributed by atoms with Gasteiger partial charge in [0.1, 0.15) is 5.82 Å². The molecule has 0 saturated carbocycles. The van der Waals surface area contributed by atoms with Crippen molar-refractivity contribution in [3.05, 3.63) is 59.4 Å². The predicted molar refractivity (Wildman–Crippen MR) is 100 cm³/mol. The summed E-state index contributed by atoms with van der Waals surface area (Å²) in [6.07, 6.45) is 0. The summed E-state index contributed by atoms with van der Waals surface area (Å²) in [7, 11) is -2.10. The molecule has 0 spiro atoms. The van der Waals surface area contributed by atoms with Gasteiger partial charge in [0, 0.05) is 24.8 Å². The van der Waals surface area contributed by atoms with E-state index < -0.39 is 15.8 Å². The number of anilines is 1. The Morgan fingerprint density at radius 2 is 1.77 bits per heavy atom.